The predicted molar refractivity (Wildman–Crippen MR) is 77.5 cm³/mol. The molecule has 0 aliphatic rings. The molecule has 3 nitrogen and oxygen atoms in total. The summed E-state index contributed by atoms with van der Waals surface area (Å²) in [5.74, 6) is 0.273. The van der Waals surface area contributed by atoms with Crippen molar-refractivity contribution in [3.8, 4) is 0 Å². The van der Waals surface area contributed by atoms with E-state index in [0.29, 0.717) is 5.92 Å². The molecule has 102 valence electrons. The van der Waals surface area contributed by atoms with E-state index in [9.17, 15) is 4.79 Å². The van der Waals surface area contributed by atoms with Gasteiger partial charge in [-0.05, 0) is 22.8 Å². The van der Waals surface area contributed by atoms with Gasteiger partial charge >= 0.3 is 0 Å². The van der Waals surface area contributed by atoms with E-state index in [1.165, 1.54) is 4.88 Å². The Hall–Kier alpha value is -0.870. The van der Waals surface area contributed by atoms with E-state index in [0.717, 1.165) is 0 Å². The Morgan fingerprint density at radius 3 is 2.39 bits per heavy atom. The monoisotopic (exact) mass is 268 g/mol. The smallest absolute Gasteiger partial charge is 0.237 e. The van der Waals surface area contributed by atoms with Crippen LogP contribution in [0.5, 0.6) is 0 Å². The second-order valence-corrected chi connectivity index (χ2v) is 7.07. The fourth-order valence-corrected chi connectivity index (χ4v) is 2.62. The van der Waals surface area contributed by atoms with E-state index in [2.05, 4.69) is 25.2 Å². The van der Waals surface area contributed by atoms with Crippen molar-refractivity contribution in [2.75, 3.05) is 0 Å². The van der Waals surface area contributed by atoms with E-state index < -0.39 is 6.04 Å². The molecule has 1 rings (SSSR count). The Morgan fingerprint density at radius 1 is 1.39 bits per heavy atom. The topological polar surface area (TPSA) is 55.1 Å². The van der Waals surface area contributed by atoms with Crippen molar-refractivity contribution in [2.24, 2.45) is 17.1 Å². The molecule has 1 unspecified atom stereocenters. The molecule has 0 saturated carbocycles. The summed E-state index contributed by atoms with van der Waals surface area (Å²) in [5.41, 5.74) is 5.77. The van der Waals surface area contributed by atoms with Gasteiger partial charge in [-0.15, -0.1) is 11.3 Å². The van der Waals surface area contributed by atoms with Gasteiger partial charge < -0.3 is 11.1 Å². The number of rotatable bonds is 4. The zero-order chi connectivity index (χ0) is 13.9. The molecule has 18 heavy (non-hydrogen) atoms. The normalized spacial score (nSPS) is 15.5. The molecule has 0 saturated heterocycles. The molecule has 0 bridgehead atoms. The zero-order valence-electron chi connectivity index (χ0n) is 11.9. The van der Waals surface area contributed by atoms with Crippen molar-refractivity contribution < 1.29 is 4.79 Å². The summed E-state index contributed by atoms with van der Waals surface area (Å²) in [6, 6.07) is 3.62. The van der Waals surface area contributed by atoms with Crippen molar-refractivity contribution in [2.45, 2.75) is 46.7 Å². The van der Waals surface area contributed by atoms with Gasteiger partial charge in [0, 0.05) is 4.88 Å². The quantitative estimate of drug-likeness (QED) is 0.882. The largest absolute Gasteiger partial charge is 0.347 e. The van der Waals surface area contributed by atoms with E-state index in [1.54, 1.807) is 11.3 Å². The van der Waals surface area contributed by atoms with E-state index in [1.807, 2.05) is 32.2 Å². The number of carbonyl (C=O) groups excluding carboxylic acids is 1. The standard InChI is InChI=1S/C14H24N2OS/c1-9(2)11(10-7-6-8-18-10)16-13(17)12(15)14(3,4)5/h6-9,11-12H,15H2,1-5H3,(H,16,17)/t11?,12-/m1/s1. The molecule has 1 amide bonds. The summed E-state index contributed by atoms with van der Waals surface area (Å²) in [6.45, 7) is 10.1. The molecule has 1 aromatic rings. The van der Waals surface area contributed by atoms with Crippen LogP contribution in [-0.2, 0) is 4.79 Å². The van der Waals surface area contributed by atoms with E-state index in [4.69, 9.17) is 5.73 Å². The molecule has 0 aromatic carbocycles. The molecular weight excluding hydrogens is 244 g/mol. The lowest BCUT2D eigenvalue weighted by Gasteiger charge is -2.29. The first-order valence-corrected chi connectivity index (χ1v) is 7.21. The summed E-state index contributed by atoms with van der Waals surface area (Å²) in [4.78, 5) is 13.3. The number of carbonyl (C=O) groups is 1. The average molecular weight is 268 g/mol. The lowest BCUT2D eigenvalue weighted by atomic mass is 9.86. The minimum atomic E-state index is -0.487. The molecule has 0 radical (unpaired) electrons. The van der Waals surface area contributed by atoms with E-state index >= 15 is 0 Å². The van der Waals surface area contributed by atoms with Gasteiger partial charge in [-0.2, -0.15) is 0 Å². The van der Waals surface area contributed by atoms with Gasteiger partial charge in [0.05, 0.1) is 12.1 Å². The lowest BCUT2D eigenvalue weighted by molar-refractivity contribution is -0.125. The number of nitrogens with one attached hydrogen (secondary N) is 1. The van der Waals surface area contributed by atoms with Crippen LogP contribution in [0.4, 0.5) is 0 Å². The van der Waals surface area contributed by atoms with Crippen LogP contribution in [0.1, 0.15) is 45.5 Å². The van der Waals surface area contributed by atoms with Gasteiger partial charge in [-0.1, -0.05) is 40.7 Å². The van der Waals surface area contributed by atoms with Crippen LogP contribution in [-0.4, -0.2) is 11.9 Å². The Kier molecular flexibility index (Phi) is 4.93. The van der Waals surface area contributed by atoms with Crippen molar-refractivity contribution in [1.29, 1.82) is 0 Å². The maximum Gasteiger partial charge on any atom is 0.237 e. The molecule has 0 aliphatic carbocycles. The molecule has 2 atom stereocenters. The van der Waals surface area contributed by atoms with Gasteiger partial charge in [0.15, 0.2) is 0 Å². The summed E-state index contributed by atoms with van der Waals surface area (Å²) in [7, 11) is 0. The highest BCUT2D eigenvalue weighted by Crippen LogP contribution is 2.26. The first-order chi connectivity index (χ1) is 8.23. The van der Waals surface area contributed by atoms with Crippen LogP contribution >= 0.6 is 11.3 Å². The second kappa shape index (κ2) is 5.85. The number of thiophene rings is 1. The van der Waals surface area contributed by atoms with Crippen molar-refractivity contribution in [1.82, 2.24) is 5.32 Å². The number of hydrogen-bond acceptors (Lipinski definition) is 3. The van der Waals surface area contributed by atoms with Gasteiger partial charge in [0.25, 0.3) is 0 Å². The molecule has 4 heteroatoms. The Balaban J connectivity index is 2.77. The molecule has 1 heterocycles. The van der Waals surface area contributed by atoms with Crippen LogP contribution in [0.15, 0.2) is 17.5 Å². The summed E-state index contributed by atoms with van der Waals surface area (Å²) in [5, 5.41) is 5.10. The molecule has 0 fully saturated rings. The minimum absolute atomic E-state index is 0.0471. The third kappa shape index (κ3) is 3.82. The van der Waals surface area contributed by atoms with Crippen LogP contribution in [0.3, 0.4) is 0 Å². The molecule has 0 spiro atoms. The fraction of sp³-hybridized carbons (Fsp3) is 0.643. The van der Waals surface area contributed by atoms with Crippen LogP contribution < -0.4 is 11.1 Å². The van der Waals surface area contributed by atoms with Crippen LogP contribution in [0.2, 0.25) is 0 Å². The molecular formula is C14H24N2OS. The van der Waals surface area contributed by atoms with Crippen molar-refractivity contribution in [3.05, 3.63) is 22.4 Å². The summed E-state index contributed by atoms with van der Waals surface area (Å²) < 4.78 is 0. The van der Waals surface area contributed by atoms with Gasteiger partial charge in [0.2, 0.25) is 5.91 Å². The van der Waals surface area contributed by atoms with Crippen LogP contribution in [0.25, 0.3) is 0 Å². The highest BCUT2D eigenvalue weighted by molar-refractivity contribution is 7.10. The number of amides is 1. The molecule has 1 aromatic heterocycles. The first kappa shape index (κ1) is 15.2. The van der Waals surface area contributed by atoms with Crippen LogP contribution in [0, 0.1) is 11.3 Å². The predicted octanol–water partition coefficient (Wildman–Crippen LogP) is 2.93. The number of nitrogens with two attached hydrogens (primary N) is 1. The Morgan fingerprint density at radius 2 is 2.00 bits per heavy atom. The Bertz CT molecular complexity index is 379. The van der Waals surface area contributed by atoms with Crippen molar-refractivity contribution >= 4 is 17.2 Å². The summed E-state index contributed by atoms with van der Waals surface area (Å²) in [6.07, 6.45) is 0. The van der Waals surface area contributed by atoms with Gasteiger partial charge in [-0.3, -0.25) is 4.79 Å². The van der Waals surface area contributed by atoms with Gasteiger partial charge in [-0.25, -0.2) is 0 Å². The number of hydrogen-bond donors (Lipinski definition) is 2. The fourth-order valence-electron chi connectivity index (χ4n) is 1.67. The highest BCUT2D eigenvalue weighted by Gasteiger charge is 2.30. The maximum absolute atomic E-state index is 12.2. The maximum atomic E-state index is 12.2. The lowest BCUT2D eigenvalue weighted by Crippen LogP contribution is -2.50. The van der Waals surface area contributed by atoms with Crippen molar-refractivity contribution in [3.63, 3.8) is 0 Å². The highest BCUT2D eigenvalue weighted by atomic mass is 32.1. The summed E-state index contributed by atoms with van der Waals surface area (Å²) >= 11 is 1.67. The minimum Gasteiger partial charge on any atom is -0.347 e. The average Bonchev–Trinajstić information content (AvgIpc) is 2.75. The Labute approximate surface area is 114 Å². The third-order valence-electron chi connectivity index (χ3n) is 3.03. The SMILES string of the molecule is CC(C)C(NC(=O)[C@@H](N)C(C)(C)C)c1cccs1. The molecule has 0 aliphatic heterocycles. The van der Waals surface area contributed by atoms with Gasteiger partial charge in [0.1, 0.15) is 0 Å². The molecule has 3 N–H and O–H groups in total. The first-order valence-electron chi connectivity index (χ1n) is 6.33. The van der Waals surface area contributed by atoms with E-state index in [-0.39, 0.29) is 17.4 Å². The third-order valence-corrected chi connectivity index (χ3v) is 3.99. The second-order valence-electron chi connectivity index (χ2n) is 6.09. The zero-order valence-corrected chi connectivity index (χ0v) is 12.7.